The second-order valence-electron chi connectivity index (χ2n) is 6.29. The Bertz CT molecular complexity index is 1030. The molecule has 0 bridgehead atoms. The smallest absolute Gasteiger partial charge is 0.163 e. The maximum Gasteiger partial charge on any atom is 0.163 e. The highest BCUT2D eigenvalue weighted by Gasteiger charge is 2.14. The van der Waals surface area contributed by atoms with Crippen molar-refractivity contribution in [3.8, 4) is 11.5 Å². The van der Waals surface area contributed by atoms with Crippen LogP contribution < -0.4 is 14.8 Å². The SMILES string of the molecule is CCOc1cc(CNc2ccc(Cl)cc2Cl)c(Cl)cc1OCc1c(F)cccc1Cl. The molecule has 0 unspecified atom stereocenters. The zero-order valence-electron chi connectivity index (χ0n) is 15.9. The van der Waals surface area contributed by atoms with Gasteiger partial charge in [-0.05, 0) is 48.9 Å². The molecule has 3 nitrogen and oxygen atoms in total. The van der Waals surface area contributed by atoms with Gasteiger partial charge in [0.25, 0.3) is 0 Å². The zero-order chi connectivity index (χ0) is 21.7. The van der Waals surface area contributed by atoms with Crippen molar-refractivity contribution in [2.24, 2.45) is 0 Å². The van der Waals surface area contributed by atoms with Gasteiger partial charge in [0.2, 0.25) is 0 Å². The predicted molar refractivity (Wildman–Crippen MR) is 122 cm³/mol. The van der Waals surface area contributed by atoms with E-state index >= 15 is 0 Å². The minimum atomic E-state index is -0.438. The van der Waals surface area contributed by atoms with Gasteiger partial charge in [0, 0.05) is 28.2 Å². The van der Waals surface area contributed by atoms with Crippen molar-refractivity contribution in [2.75, 3.05) is 11.9 Å². The number of rotatable bonds is 8. The third kappa shape index (κ3) is 5.64. The Labute approximate surface area is 194 Å². The van der Waals surface area contributed by atoms with E-state index in [1.807, 2.05) is 6.92 Å². The summed E-state index contributed by atoms with van der Waals surface area (Å²) in [5.74, 6) is 0.454. The Hall–Kier alpha value is -1.85. The second kappa shape index (κ2) is 10.5. The maximum atomic E-state index is 14.0. The molecule has 0 fully saturated rings. The monoisotopic (exact) mass is 487 g/mol. The third-order valence-corrected chi connectivity index (χ3v) is 5.50. The average molecular weight is 489 g/mol. The van der Waals surface area contributed by atoms with Crippen LogP contribution in [0.2, 0.25) is 20.1 Å². The molecule has 0 aliphatic carbocycles. The van der Waals surface area contributed by atoms with Crippen LogP contribution in [0.4, 0.5) is 10.1 Å². The maximum absolute atomic E-state index is 14.0. The van der Waals surface area contributed by atoms with Crippen molar-refractivity contribution < 1.29 is 13.9 Å². The fraction of sp³-hybridized carbons (Fsp3) is 0.182. The van der Waals surface area contributed by atoms with Gasteiger partial charge >= 0.3 is 0 Å². The molecule has 8 heteroatoms. The van der Waals surface area contributed by atoms with Crippen LogP contribution in [0.1, 0.15) is 18.1 Å². The Morgan fingerprint density at radius 2 is 1.63 bits per heavy atom. The lowest BCUT2D eigenvalue weighted by molar-refractivity contribution is 0.265. The van der Waals surface area contributed by atoms with Gasteiger partial charge in [0.05, 0.1) is 22.3 Å². The molecule has 30 heavy (non-hydrogen) atoms. The molecule has 0 saturated carbocycles. The zero-order valence-corrected chi connectivity index (χ0v) is 19.0. The summed E-state index contributed by atoms with van der Waals surface area (Å²) in [7, 11) is 0. The number of hydrogen-bond acceptors (Lipinski definition) is 3. The summed E-state index contributed by atoms with van der Waals surface area (Å²) in [4.78, 5) is 0. The molecule has 0 heterocycles. The van der Waals surface area contributed by atoms with E-state index in [-0.39, 0.29) is 12.2 Å². The number of hydrogen-bond donors (Lipinski definition) is 1. The quantitative estimate of drug-likeness (QED) is 0.348. The molecule has 3 rings (SSSR count). The summed E-state index contributed by atoms with van der Waals surface area (Å²) in [5, 5.41) is 5.03. The minimum absolute atomic E-state index is 0.0557. The van der Waals surface area contributed by atoms with E-state index in [9.17, 15) is 4.39 Å². The minimum Gasteiger partial charge on any atom is -0.490 e. The number of anilines is 1. The van der Waals surface area contributed by atoms with Crippen molar-refractivity contribution in [2.45, 2.75) is 20.1 Å². The lowest BCUT2D eigenvalue weighted by Gasteiger charge is -2.16. The molecule has 0 aliphatic heterocycles. The second-order valence-corrected chi connectivity index (χ2v) is 7.95. The first kappa shape index (κ1) is 22.8. The molecule has 0 spiro atoms. The van der Waals surface area contributed by atoms with E-state index in [2.05, 4.69) is 5.32 Å². The van der Waals surface area contributed by atoms with Crippen LogP contribution in [0.15, 0.2) is 48.5 Å². The van der Waals surface area contributed by atoms with Crippen molar-refractivity contribution in [1.29, 1.82) is 0 Å². The highest BCUT2D eigenvalue weighted by molar-refractivity contribution is 6.36. The van der Waals surface area contributed by atoms with Crippen LogP contribution in [0.3, 0.4) is 0 Å². The highest BCUT2D eigenvalue weighted by atomic mass is 35.5. The van der Waals surface area contributed by atoms with Gasteiger partial charge in [-0.1, -0.05) is 52.5 Å². The molecular formula is C22H18Cl4FNO2. The van der Waals surface area contributed by atoms with Crippen LogP contribution in [-0.4, -0.2) is 6.61 Å². The van der Waals surface area contributed by atoms with Crippen LogP contribution >= 0.6 is 46.4 Å². The van der Waals surface area contributed by atoms with Gasteiger partial charge in [-0.2, -0.15) is 0 Å². The van der Waals surface area contributed by atoms with Gasteiger partial charge in [-0.3, -0.25) is 0 Å². The van der Waals surface area contributed by atoms with Gasteiger partial charge in [0.1, 0.15) is 12.4 Å². The normalized spacial score (nSPS) is 10.7. The van der Waals surface area contributed by atoms with E-state index in [4.69, 9.17) is 55.9 Å². The molecule has 0 saturated heterocycles. The average Bonchev–Trinajstić information content (AvgIpc) is 2.69. The predicted octanol–water partition coefficient (Wildman–Crippen LogP) is 8.03. The van der Waals surface area contributed by atoms with Crippen LogP contribution in [-0.2, 0) is 13.2 Å². The van der Waals surface area contributed by atoms with Crippen molar-refractivity contribution in [3.05, 3.63) is 85.6 Å². The first-order valence-corrected chi connectivity index (χ1v) is 10.6. The lowest BCUT2D eigenvalue weighted by atomic mass is 10.2. The summed E-state index contributed by atoms with van der Waals surface area (Å²) in [6.45, 7) is 2.63. The number of halogens is 5. The highest BCUT2D eigenvalue weighted by Crippen LogP contribution is 2.36. The molecule has 0 aromatic heterocycles. The van der Waals surface area contributed by atoms with Crippen LogP contribution in [0.25, 0.3) is 0 Å². The number of ether oxygens (including phenoxy) is 2. The molecule has 0 amide bonds. The topological polar surface area (TPSA) is 30.5 Å². The Morgan fingerprint density at radius 1 is 0.867 bits per heavy atom. The Balaban J connectivity index is 1.79. The number of nitrogens with one attached hydrogen (secondary N) is 1. The van der Waals surface area contributed by atoms with Gasteiger partial charge in [-0.25, -0.2) is 4.39 Å². The fourth-order valence-corrected chi connectivity index (χ4v) is 3.65. The number of benzene rings is 3. The molecule has 0 aliphatic rings. The van der Waals surface area contributed by atoms with E-state index in [0.717, 1.165) is 11.3 Å². The molecule has 0 atom stereocenters. The Kier molecular flexibility index (Phi) is 7.95. The van der Waals surface area contributed by atoms with Gasteiger partial charge in [-0.15, -0.1) is 0 Å². The van der Waals surface area contributed by atoms with E-state index in [1.165, 1.54) is 6.07 Å². The van der Waals surface area contributed by atoms with Gasteiger partial charge < -0.3 is 14.8 Å². The lowest BCUT2D eigenvalue weighted by Crippen LogP contribution is -2.05. The largest absolute Gasteiger partial charge is 0.490 e. The molecule has 3 aromatic rings. The summed E-state index contributed by atoms with van der Waals surface area (Å²) >= 11 is 24.6. The third-order valence-electron chi connectivity index (χ3n) is 4.25. The van der Waals surface area contributed by atoms with Crippen molar-refractivity contribution in [1.82, 2.24) is 0 Å². The molecular weight excluding hydrogens is 471 g/mol. The molecule has 1 N–H and O–H groups in total. The summed E-state index contributed by atoms with van der Waals surface area (Å²) in [6, 6.07) is 13.1. The first-order valence-electron chi connectivity index (χ1n) is 9.09. The van der Waals surface area contributed by atoms with Crippen molar-refractivity contribution in [3.63, 3.8) is 0 Å². The van der Waals surface area contributed by atoms with E-state index in [1.54, 1.807) is 42.5 Å². The standard InChI is InChI=1S/C22H18Cl4FNO2/c1-2-29-21-8-13(11-28-20-7-6-14(23)9-18(20)26)17(25)10-22(21)30-12-15-16(24)4-3-5-19(15)27/h3-10,28H,2,11-12H2,1H3. The van der Waals surface area contributed by atoms with Crippen molar-refractivity contribution >= 4 is 52.1 Å². The first-order chi connectivity index (χ1) is 14.4. The Morgan fingerprint density at radius 3 is 2.33 bits per heavy atom. The van der Waals surface area contributed by atoms with Crippen LogP contribution in [0.5, 0.6) is 11.5 Å². The van der Waals surface area contributed by atoms with E-state index < -0.39 is 5.82 Å². The summed E-state index contributed by atoms with van der Waals surface area (Å²) in [5.41, 5.74) is 1.77. The van der Waals surface area contributed by atoms with Gasteiger partial charge in [0.15, 0.2) is 11.5 Å². The molecule has 0 radical (unpaired) electrons. The molecule has 158 valence electrons. The summed E-state index contributed by atoms with van der Waals surface area (Å²) < 4.78 is 25.5. The fourth-order valence-electron chi connectivity index (χ4n) is 2.74. The summed E-state index contributed by atoms with van der Waals surface area (Å²) in [6.07, 6.45) is 0. The van der Waals surface area contributed by atoms with E-state index in [0.29, 0.717) is 44.7 Å². The van der Waals surface area contributed by atoms with Crippen LogP contribution in [0, 0.1) is 5.82 Å². The molecule has 3 aromatic carbocycles.